The van der Waals surface area contributed by atoms with Crippen LogP contribution in [-0.4, -0.2) is 26.0 Å². The lowest BCUT2D eigenvalue weighted by Crippen LogP contribution is -2.27. The standard InChI is InChI=1S/C11H10FN5O3/c1-6(10-13-5-14-16-10)15-11(18)7-2-8(12)4-9(3-7)17(19)20/h2-6H,1H3,(H,15,18)(H,13,14,16). The van der Waals surface area contributed by atoms with Gasteiger partial charge in [-0.1, -0.05) is 0 Å². The van der Waals surface area contributed by atoms with Gasteiger partial charge in [-0.25, -0.2) is 9.37 Å². The van der Waals surface area contributed by atoms with Crippen molar-refractivity contribution < 1.29 is 14.1 Å². The van der Waals surface area contributed by atoms with Gasteiger partial charge >= 0.3 is 0 Å². The Kier molecular flexibility index (Phi) is 3.69. The number of rotatable bonds is 4. The minimum atomic E-state index is -0.850. The summed E-state index contributed by atoms with van der Waals surface area (Å²) in [6.45, 7) is 1.64. The summed E-state index contributed by atoms with van der Waals surface area (Å²) in [5.74, 6) is -1.07. The van der Waals surface area contributed by atoms with Crippen LogP contribution in [0.3, 0.4) is 0 Å². The molecular formula is C11H10FN5O3. The van der Waals surface area contributed by atoms with E-state index in [-0.39, 0.29) is 5.56 Å². The number of benzene rings is 1. The number of aromatic amines is 1. The monoisotopic (exact) mass is 279 g/mol. The fraction of sp³-hybridized carbons (Fsp3) is 0.182. The molecule has 8 nitrogen and oxygen atoms in total. The Bertz CT molecular complexity index is 644. The Morgan fingerprint density at radius 2 is 2.25 bits per heavy atom. The molecule has 1 atom stereocenters. The van der Waals surface area contributed by atoms with Crippen molar-refractivity contribution in [3.63, 3.8) is 0 Å². The van der Waals surface area contributed by atoms with Crippen molar-refractivity contribution in [1.82, 2.24) is 20.5 Å². The molecule has 2 N–H and O–H groups in total. The quantitative estimate of drug-likeness (QED) is 0.647. The number of nitro benzene ring substituents is 1. The van der Waals surface area contributed by atoms with Crippen LogP contribution in [0.1, 0.15) is 29.1 Å². The largest absolute Gasteiger partial charge is 0.342 e. The molecule has 1 aromatic heterocycles. The van der Waals surface area contributed by atoms with E-state index in [9.17, 15) is 19.3 Å². The maximum absolute atomic E-state index is 13.2. The van der Waals surface area contributed by atoms with E-state index in [1.807, 2.05) is 0 Å². The smallest absolute Gasteiger partial charge is 0.273 e. The average Bonchev–Trinajstić information content (AvgIpc) is 2.91. The third-order valence-corrected chi connectivity index (χ3v) is 2.55. The van der Waals surface area contributed by atoms with Gasteiger partial charge in [-0.05, 0) is 13.0 Å². The Hall–Kier alpha value is -2.84. The molecule has 1 heterocycles. The van der Waals surface area contributed by atoms with Gasteiger partial charge in [-0.15, -0.1) is 0 Å². The lowest BCUT2D eigenvalue weighted by atomic mass is 10.1. The van der Waals surface area contributed by atoms with E-state index in [1.165, 1.54) is 6.33 Å². The third kappa shape index (κ3) is 2.94. The summed E-state index contributed by atoms with van der Waals surface area (Å²) in [6, 6.07) is 2.18. The van der Waals surface area contributed by atoms with Gasteiger partial charge in [0.1, 0.15) is 18.0 Å². The topological polar surface area (TPSA) is 114 Å². The fourth-order valence-corrected chi connectivity index (χ4v) is 1.58. The molecule has 1 amide bonds. The highest BCUT2D eigenvalue weighted by molar-refractivity contribution is 5.95. The van der Waals surface area contributed by atoms with Crippen LogP contribution in [0.4, 0.5) is 10.1 Å². The SMILES string of the molecule is CC(NC(=O)c1cc(F)cc([N+](=O)[O-])c1)c1ncn[nH]1. The zero-order valence-electron chi connectivity index (χ0n) is 10.3. The van der Waals surface area contributed by atoms with Crippen molar-refractivity contribution >= 4 is 11.6 Å². The summed E-state index contributed by atoms with van der Waals surface area (Å²) < 4.78 is 13.2. The summed E-state index contributed by atoms with van der Waals surface area (Å²) in [5.41, 5.74) is -0.620. The van der Waals surface area contributed by atoms with Crippen molar-refractivity contribution in [1.29, 1.82) is 0 Å². The first kappa shape index (κ1) is 13.6. The normalized spacial score (nSPS) is 11.9. The number of aromatic nitrogens is 3. The number of nitrogens with one attached hydrogen (secondary N) is 2. The van der Waals surface area contributed by atoms with Gasteiger partial charge in [-0.3, -0.25) is 20.0 Å². The molecule has 0 saturated heterocycles. The van der Waals surface area contributed by atoms with E-state index in [0.717, 1.165) is 18.2 Å². The molecule has 0 saturated carbocycles. The number of halogens is 1. The predicted octanol–water partition coefficient (Wildman–Crippen LogP) is 1.34. The predicted molar refractivity (Wildman–Crippen MR) is 65.3 cm³/mol. The van der Waals surface area contributed by atoms with Crippen molar-refractivity contribution in [2.75, 3.05) is 0 Å². The average molecular weight is 279 g/mol. The highest BCUT2D eigenvalue weighted by atomic mass is 19.1. The Balaban J connectivity index is 2.19. The minimum Gasteiger partial charge on any atom is -0.342 e. The van der Waals surface area contributed by atoms with E-state index in [2.05, 4.69) is 20.5 Å². The zero-order chi connectivity index (χ0) is 14.7. The lowest BCUT2D eigenvalue weighted by molar-refractivity contribution is -0.385. The maximum atomic E-state index is 13.2. The molecule has 2 rings (SSSR count). The van der Waals surface area contributed by atoms with Crippen LogP contribution >= 0.6 is 0 Å². The molecule has 1 aromatic carbocycles. The molecule has 2 aromatic rings. The highest BCUT2D eigenvalue weighted by Crippen LogP contribution is 2.17. The molecule has 20 heavy (non-hydrogen) atoms. The highest BCUT2D eigenvalue weighted by Gasteiger charge is 2.17. The third-order valence-electron chi connectivity index (χ3n) is 2.55. The van der Waals surface area contributed by atoms with Crippen molar-refractivity contribution in [2.45, 2.75) is 13.0 Å². The van der Waals surface area contributed by atoms with E-state index >= 15 is 0 Å². The first-order valence-corrected chi connectivity index (χ1v) is 5.58. The molecule has 0 radical (unpaired) electrons. The van der Waals surface area contributed by atoms with Crippen LogP contribution in [0.15, 0.2) is 24.5 Å². The summed E-state index contributed by atoms with van der Waals surface area (Å²) in [6.07, 6.45) is 1.28. The molecule has 9 heteroatoms. The molecule has 0 aliphatic rings. The first-order chi connectivity index (χ1) is 9.47. The summed E-state index contributed by atoms with van der Waals surface area (Å²) in [7, 11) is 0. The molecule has 0 fully saturated rings. The van der Waals surface area contributed by atoms with Gasteiger partial charge in [0, 0.05) is 11.6 Å². The Morgan fingerprint density at radius 1 is 1.50 bits per heavy atom. The van der Waals surface area contributed by atoms with Crippen molar-refractivity contribution in [2.24, 2.45) is 0 Å². The number of non-ortho nitro benzene ring substituents is 1. The van der Waals surface area contributed by atoms with Gasteiger partial charge in [-0.2, -0.15) is 5.10 Å². The van der Waals surface area contributed by atoms with Crippen LogP contribution in [0.2, 0.25) is 0 Å². The number of H-pyrrole nitrogens is 1. The van der Waals surface area contributed by atoms with E-state index < -0.39 is 28.4 Å². The molecule has 0 bridgehead atoms. The van der Waals surface area contributed by atoms with Crippen LogP contribution < -0.4 is 5.32 Å². The van der Waals surface area contributed by atoms with Crippen LogP contribution in [0.25, 0.3) is 0 Å². The van der Waals surface area contributed by atoms with E-state index in [1.54, 1.807) is 6.92 Å². The number of carbonyl (C=O) groups excluding carboxylic acids is 1. The minimum absolute atomic E-state index is 0.136. The van der Waals surface area contributed by atoms with Gasteiger partial charge < -0.3 is 5.32 Å². The number of carbonyl (C=O) groups is 1. The molecule has 0 spiro atoms. The van der Waals surface area contributed by atoms with Crippen molar-refractivity contribution in [3.05, 3.63) is 51.8 Å². The second kappa shape index (κ2) is 5.43. The molecule has 0 aliphatic carbocycles. The maximum Gasteiger partial charge on any atom is 0.273 e. The molecule has 1 unspecified atom stereocenters. The second-order valence-corrected chi connectivity index (χ2v) is 4.02. The van der Waals surface area contributed by atoms with Gasteiger partial charge in [0.15, 0.2) is 0 Å². The zero-order valence-corrected chi connectivity index (χ0v) is 10.3. The number of hydrogen-bond acceptors (Lipinski definition) is 5. The number of hydrogen-bond donors (Lipinski definition) is 2. The van der Waals surface area contributed by atoms with Gasteiger partial charge in [0.25, 0.3) is 11.6 Å². The van der Waals surface area contributed by atoms with Crippen LogP contribution in [0.5, 0.6) is 0 Å². The summed E-state index contributed by atoms with van der Waals surface area (Å²) in [4.78, 5) is 25.6. The molecule has 104 valence electrons. The van der Waals surface area contributed by atoms with Crippen LogP contribution in [-0.2, 0) is 0 Å². The molecule has 0 aliphatic heterocycles. The van der Waals surface area contributed by atoms with Gasteiger partial charge in [0.05, 0.1) is 17.0 Å². The number of nitrogens with zero attached hydrogens (tertiary/aromatic N) is 3. The van der Waals surface area contributed by atoms with E-state index in [0.29, 0.717) is 5.82 Å². The van der Waals surface area contributed by atoms with E-state index in [4.69, 9.17) is 0 Å². The summed E-state index contributed by atoms with van der Waals surface area (Å²) >= 11 is 0. The first-order valence-electron chi connectivity index (χ1n) is 5.58. The van der Waals surface area contributed by atoms with Gasteiger partial charge in [0.2, 0.25) is 0 Å². The summed E-state index contributed by atoms with van der Waals surface area (Å²) in [5, 5.41) is 19.4. The Morgan fingerprint density at radius 3 is 2.85 bits per heavy atom. The second-order valence-electron chi connectivity index (χ2n) is 4.02. The lowest BCUT2D eigenvalue weighted by Gasteiger charge is -2.10. The fourth-order valence-electron chi connectivity index (χ4n) is 1.58. The molecular weight excluding hydrogens is 269 g/mol. The Labute approximate surface area is 112 Å². The van der Waals surface area contributed by atoms with Crippen molar-refractivity contribution in [3.8, 4) is 0 Å². The number of nitro groups is 1. The van der Waals surface area contributed by atoms with Crippen LogP contribution in [0, 0.1) is 15.9 Å². The number of amides is 1.